The van der Waals surface area contributed by atoms with Gasteiger partial charge in [0.25, 0.3) is 0 Å². The van der Waals surface area contributed by atoms with E-state index in [1.165, 1.54) is 11.1 Å². The summed E-state index contributed by atoms with van der Waals surface area (Å²) in [6.45, 7) is 3.42. The van der Waals surface area contributed by atoms with Crippen molar-refractivity contribution in [3.05, 3.63) is 64.2 Å². The van der Waals surface area contributed by atoms with E-state index in [0.29, 0.717) is 0 Å². The highest BCUT2D eigenvalue weighted by atomic mass is 35.5. The number of hydrogen-bond donors (Lipinski definition) is 1. The summed E-state index contributed by atoms with van der Waals surface area (Å²) in [4.78, 5) is 2.34. The zero-order valence-electron chi connectivity index (χ0n) is 15.7. The van der Waals surface area contributed by atoms with E-state index in [4.69, 9.17) is 16.3 Å². The largest absolute Gasteiger partial charge is 0.385 e. The highest BCUT2D eigenvalue weighted by Gasteiger charge is 2.25. The molecule has 1 saturated heterocycles. The quantitative estimate of drug-likeness (QED) is 0.723. The summed E-state index contributed by atoms with van der Waals surface area (Å²) in [5.74, 6) is 0. The van der Waals surface area contributed by atoms with Crippen LogP contribution in [0, 0.1) is 11.3 Å². The van der Waals surface area contributed by atoms with Crippen molar-refractivity contribution in [1.29, 1.82) is 5.26 Å². The van der Waals surface area contributed by atoms with Gasteiger partial charge in [0, 0.05) is 38.4 Å². The van der Waals surface area contributed by atoms with Crippen LogP contribution in [0.5, 0.6) is 0 Å². The van der Waals surface area contributed by atoms with Crippen LogP contribution in [0.15, 0.2) is 42.5 Å². The average Bonchev–Trinajstić information content (AvgIpc) is 2.72. The van der Waals surface area contributed by atoms with E-state index in [1.807, 2.05) is 18.2 Å². The Morgan fingerprint density at radius 1 is 1.22 bits per heavy atom. The van der Waals surface area contributed by atoms with Crippen LogP contribution in [-0.2, 0) is 11.2 Å². The molecular weight excluding hydrogens is 358 g/mol. The summed E-state index contributed by atoms with van der Waals surface area (Å²) in [6, 6.07) is 16.9. The van der Waals surface area contributed by atoms with Gasteiger partial charge in [-0.05, 0) is 54.7 Å². The van der Waals surface area contributed by atoms with Gasteiger partial charge in [0.05, 0.1) is 17.3 Å². The third-order valence-corrected chi connectivity index (χ3v) is 5.30. The van der Waals surface area contributed by atoms with E-state index in [-0.39, 0.29) is 6.04 Å². The standard InChI is InChI=1S/C22H26ClN3O/c1-27-13-3-2-4-17-5-10-21(19(14-17)15-24)26-12-11-25-16-22(26)18-6-8-20(23)9-7-18/h5-10,14,22,25H,2-4,11-13,16H2,1H3/t22-/m0/s1. The average molecular weight is 384 g/mol. The summed E-state index contributed by atoms with van der Waals surface area (Å²) in [6.07, 6.45) is 3.08. The van der Waals surface area contributed by atoms with Gasteiger partial charge in [-0.15, -0.1) is 0 Å². The first-order valence-corrected chi connectivity index (χ1v) is 9.85. The molecule has 0 aromatic heterocycles. The molecule has 142 valence electrons. The SMILES string of the molecule is COCCCCc1ccc(N2CCNC[C@H]2c2ccc(Cl)cc2)c(C#N)c1. The van der Waals surface area contributed by atoms with Crippen LogP contribution >= 0.6 is 11.6 Å². The van der Waals surface area contributed by atoms with Gasteiger partial charge in [0.15, 0.2) is 0 Å². The zero-order valence-corrected chi connectivity index (χ0v) is 16.5. The number of nitrogens with one attached hydrogen (secondary N) is 1. The van der Waals surface area contributed by atoms with Gasteiger partial charge in [0.1, 0.15) is 6.07 Å². The molecule has 5 heteroatoms. The van der Waals surface area contributed by atoms with Gasteiger partial charge in [-0.3, -0.25) is 0 Å². The first kappa shape index (κ1) is 19.7. The number of piperazine rings is 1. The number of hydrogen-bond acceptors (Lipinski definition) is 4. The van der Waals surface area contributed by atoms with Crippen molar-refractivity contribution in [2.45, 2.75) is 25.3 Å². The molecule has 1 atom stereocenters. The van der Waals surface area contributed by atoms with E-state index in [9.17, 15) is 5.26 Å². The molecular formula is C22H26ClN3O. The molecule has 0 unspecified atom stereocenters. The summed E-state index contributed by atoms with van der Waals surface area (Å²) >= 11 is 6.05. The number of rotatable bonds is 7. The van der Waals surface area contributed by atoms with Crippen molar-refractivity contribution in [3.63, 3.8) is 0 Å². The fourth-order valence-electron chi connectivity index (χ4n) is 3.63. The summed E-state index contributed by atoms with van der Waals surface area (Å²) in [7, 11) is 1.73. The van der Waals surface area contributed by atoms with E-state index in [2.05, 4.69) is 40.6 Å². The molecule has 0 bridgehead atoms. The van der Waals surface area contributed by atoms with Gasteiger partial charge in [-0.2, -0.15) is 5.26 Å². The fourth-order valence-corrected chi connectivity index (χ4v) is 3.76. The molecule has 1 N–H and O–H groups in total. The maximum absolute atomic E-state index is 9.75. The smallest absolute Gasteiger partial charge is 0.101 e. The molecule has 0 radical (unpaired) electrons. The highest BCUT2D eigenvalue weighted by molar-refractivity contribution is 6.30. The Morgan fingerprint density at radius 2 is 2.04 bits per heavy atom. The number of methoxy groups -OCH3 is 1. The lowest BCUT2D eigenvalue weighted by Gasteiger charge is -2.39. The number of halogens is 1. The van der Waals surface area contributed by atoms with E-state index < -0.39 is 0 Å². The van der Waals surface area contributed by atoms with Gasteiger partial charge < -0.3 is 15.0 Å². The van der Waals surface area contributed by atoms with Gasteiger partial charge in [-0.25, -0.2) is 0 Å². The topological polar surface area (TPSA) is 48.3 Å². The maximum Gasteiger partial charge on any atom is 0.101 e. The second kappa shape index (κ2) is 9.75. The molecule has 27 heavy (non-hydrogen) atoms. The number of unbranched alkanes of at least 4 members (excludes halogenated alkanes) is 1. The molecule has 2 aromatic carbocycles. The predicted octanol–water partition coefficient (Wildman–Crippen LogP) is 4.33. The van der Waals surface area contributed by atoms with Crippen molar-refractivity contribution in [2.24, 2.45) is 0 Å². The van der Waals surface area contributed by atoms with Crippen LogP contribution in [0.4, 0.5) is 5.69 Å². The second-order valence-electron chi connectivity index (χ2n) is 6.88. The molecule has 0 spiro atoms. The van der Waals surface area contributed by atoms with Crippen molar-refractivity contribution >= 4 is 17.3 Å². The molecule has 0 aliphatic carbocycles. The minimum Gasteiger partial charge on any atom is -0.385 e. The van der Waals surface area contributed by atoms with Crippen LogP contribution in [0.1, 0.15) is 35.6 Å². The molecule has 0 saturated carbocycles. The Kier molecular flexibility index (Phi) is 7.11. The van der Waals surface area contributed by atoms with Gasteiger partial charge >= 0.3 is 0 Å². The number of anilines is 1. The minimum absolute atomic E-state index is 0.190. The fraction of sp³-hybridized carbons (Fsp3) is 0.409. The first-order chi connectivity index (χ1) is 13.2. The summed E-state index contributed by atoms with van der Waals surface area (Å²) in [5.41, 5.74) is 4.18. The number of ether oxygens (including phenoxy) is 1. The molecule has 0 amide bonds. The highest BCUT2D eigenvalue weighted by Crippen LogP contribution is 2.32. The number of benzene rings is 2. The second-order valence-corrected chi connectivity index (χ2v) is 7.31. The number of aryl methyl sites for hydroxylation is 1. The Bertz CT molecular complexity index is 785. The summed E-state index contributed by atoms with van der Waals surface area (Å²) in [5, 5.41) is 14.0. The van der Waals surface area contributed by atoms with Gasteiger partial charge in [-0.1, -0.05) is 29.8 Å². The minimum atomic E-state index is 0.190. The molecule has 1 aliphatic rings. The monoisotopic (exact) mass is 383 g/mol. The van der Waals surface area contributed by atoms with Crippen molar-refractivity contribution in [3.8, 4) is 6.07 Å². The third-order valence-electron chi connectivity index (χ3n) is 5.05. The van der Waals surface area contributed by atoms with Gasteiger partial charge in [0.2, 0.25) is 0 Å². The van der Waals surface area contributed by atoms with Crippen LogP contribution in [-0.4, -0.2) is 33.4 Å². The van der Waals surface area contributed by atoms with Crippen LogP contribution in [0.3, 0.4) is 0 Å². The third kappa shape index (κ3) is 5.01. The van der Waals surface area contributed by atoms with E-state index >= 15 is 0 Å². The lowest BCUT2D eigenvalue weighted by Crippen LogP contribution is -2.46. The normalized spacial score (nSPS) is 16.9. The summed E-state index contributed by atoms with van der Waals surface area (Å²) < 4.78 is 5.11. The van der Waals surface area contributed by atoms with Crippen LogP contribution in [0.2, 0.25) is 5.02 Å². The maximum atomic E-state index is 9.75. The molecule has 1 aliphatic heterocycles. The van der Waals surface area contributed by atoms with Crippen LogP contribution in [0.25, 0.3) is 0 Å². The lowest BCUT2D eigenvalue weighted by atomic mass is 9.99. The lowest BCUT2D eigenvalue weighted by molar-refractivity contribution is 0.193. The Morgan fingerprint density at radius 3 is 2.78 bits per heavy atom. The van der Waals surface area contributed by atoms with E-state index in [1.54, 1.807) is 7.11 Å². The predicted molar refractivity (Wildman–Crippen MR) is 110 cm³/mol. The number of nitrogens with zero attached hydrogens (tertiary/aromatic N) is 2. The number of nitriles is 1. The van der Waals surface area contributed by atoms with Crippen LogP contribution < -0.4 is 10.2 Å². The Labute approximate surface area is 166 Å². The Hall–Kier alpha value is -2.06. The molecule has 3 rings (SSSR count). The molecule has 1 fully saturated rings. The van der Waals surface area contributed by atoms with Crippen molar-refractivity contribution < 1.29 is 4.74 Å². The van der Waals surface area contributed by atoms with Crippen molar-refractivity contribution in [2.75, 3.05) is 38.3 Å². The zero-order chi connectivity index (χ0) is 19.1. The van der Waals surface area contributed by atoms with E-state index in [0.717, 1.165) is 61.8 Å². The van der Waals surface area contributed by atoms with Crippen molar-refractivity contribution in [1.82, 2.24) is 5.32 Å². The molecule has 2 aromatic rings. The molecule has 4 nitrogen and oxygen atoms in total. The Balaban J connectivity index is 1.82. The molecule has 1 heterocycles. The first-order valence-electron chi connectivity index (χ1n) is 9.47.